The second-order valence-corrected chi connectivity index (χ2v) is 5.21. The monoisotopic (exact) mass is 262 g/mol. The lowest BCUT2D eigenvalue weighted by Crippen LogP contribution is -2.26. The molecule has 5 heteroatoms. The fourth-order valence-electron chi connectivity index (χ4n) is 2.81. The van der Waals surface area contributed by atoms with Crippen LogP contribution in [0.15, 0.2) is 6.07 Å². The molecule has 5 nitrogen and oxygen atoms in total. The Morgan fingerprint density at radius 3 is 2.95 bits per heavy atom. The van der Waals surface area contributed by atoms with Crippen molar-refractivity contribution in [3.05, 3.63) is 23.0 Å². The number of nitrogens with one attached hydrogen (secondary N) is 1. The first kappa shape index (κ1) is 13.8. The van der Waals surface area contributed by atoms with Gasteiger partial charge >= 0.3 is 0 Å². The highest BCUT2D eigenvalue weighted by Crippen LogP contribution is 2.29. The van der Waals surface area contributed by atoms with Crippen molar-refractivity contribution in [3.63, 3.8) is 0 Å². The van der Waals surface area contributed by atoms with E-state index < -0.39 is 0 Å². The van der Waals surface area contributed by atoms with Gasteiger partial charge < -0.3 is 15.4 Å². The zero-order valence-electron chi connectivity index (χ0n) is 11.9. The number of hydrogen-bond acceptors (Lipinski definition) is 4. The summed E-state index contributed by atoms with van der Waals surface area (Å²) in [5, 5.41) is 7.77. The molecule has 0 aromatic carbocycles. The predicted octanol–water partition coefficient (Wildman–Crippen LogP) is 1.46. The topological polar surface area (TPSA) is 75.2 Å². The van der Waals surface area contributed by atoms with E-state index in [0.717, 1.165) is 48.8 Å². The van der Waals surface area contributed by atoms with Crippen LogP contribution in [0.3, 0.4) is 0 Å². The summed E-state index contributed by atoms with van der Waals surface area (Å²) in [6.07, 6.45) is 1.12. The molecule has 1 aliphatic heterocycles. The average molecular weight is 262 g/mol. The Morgan fingerprint density at radius 1 is 1.58 bits per heavy atom. The minimum absolute atomic E-state index is 0.0928. The van der Waals surface area contributed by atoms with E-state index in [-0.39, 0.29) is 5.84 Å². The molecule has 2 heterocycles. The van der Waals surface area contributed by atoms with Crippen molar-refractivity contribution in [3.8, 4) is 0 Å². The number of methoxy groups -OCH3 is 1. The van der Waals surface area contributed by atoms with Crippen LogP contribution in [0.25, 0.3) is 0 Å². The van der Waals surface area contributed by atoms with Crippen molar-refractivity contribution in [2.24, 2.45) is 11.7 Å². The predicted molar refractivity (Wildman–Crippen MR) is 76.9 cm³/mol. The fraction of sp³-hybridized carbons (Fsp3) is 0.571. The van der Waals surface area contributed by atoms with Crippen LogP contribution in [-0.4, -0.2) is 37.6 Å². The van der Waals surface area contributed by atoms with Crippen molar-refractivity contribution < 1.29 is 4.74 Å². The van der Waals surface area contributed by atoms with E-state index in [9.17, 15) is 0 Å². The Bertz CT molecular complexity index is 487. The van der Waals surface area contributed by atoms with Crippen molar-refractivity contribution in [1.29, 1.82) is 5.41 Å². The van der Waals surface area contributed by atoms with Crippen LogP contribution in [0.5, 0.6) is 0 Å². The number of hydrogen-bond donors (Lipinski definition) is 2. The molecule has 0 saturated carbocycles. The van der Waals surface area contributed by atoms with Crippen LogP contribution in [0, 0.1) is 25.2 Å². The Hall–Kier alpha value is -1.62. The summed E-state index contributed by atoms with van der Waals surface area (Å²) >= 11 is 0. The van der Waals surface area contributed by atoms with Crippen molar-refractivity contribution in [2.75, 3.05) is 31.7 Å². The molecule has 0 aliphatic carbocycles. The number of ether oxygens (including phenoxy) is 1. The lowest BCUT2D eigenvalue weighted by molar-refractivity contribution is 0.161. The van der Waals surface area contributed by atoms with Crippen LogP contribution in [0.2, 0.25) is 0 Å². The molecule has 1 saturated heterocycles. The molecule has 3 N–H and O–H groups in total. The molecule has 1 aromatic rings. The van der Waals surface area contributed by atoms with Gasteiger partial charge in [0.1, 0.15) is 5.84 Å². The van der Waals surface area contributed by atoms with E-state index >= 15 is 0 Å². The van der Waals surface area contributed by atoms with Gasteiger partial charge in [0.05, 0.1) is 23.6 Å². The standard InChI is InChI=1S/C14H22N4O/c1-9-6-12(13(14(15)16)10(2)17-9)18-5-4-11(7-18)8-19-3/h6,11H,4-5,7-8H2,1-3H3,(H3,15,16). The van der Waals surface area contributed by atoms with Crippen molar-refractivity contribution in [2.45, 2.75) is 20.3 Å². The maximum atomic E-state index is 7.77. The van der Waals surface area contributed by atoms with Crippen LogP contribution in [0.4, 0.5) is 5.69 Å². The number of aromatic nitrogens is 1. The third kappa shape index (κ3) is 2.87. The molecule has 0 bridgehead atoms. The summed E-state index contributed by atoms with van der Waals surface area (Å²) < 4.78 is 5.23. The Morgan fingerprint density at radius 2 is 2.32 bits per heavy atom. The van der Waals surface area contributed by atoms with Gasteiger partial charge in [-0.2, -0.15) is 0 Å². The SMILES string of the molecule is COCC1CCN(c2cc(C)nc(C)c2C(=N)N)C1. The smallest absolute Gasteiger partial charge is 0.126 e. The van der Waals surface area contributed by atoms with Gasteiger partial charge in [0.2, 0.25) is 0 Å². The molecule has 0 radical (unpaired) electrons. The van der Waals surface area contributed by atoms with Gasteiger partial charge in [-0.3, -0.25) is 10.4 Å². The number of nitrogens with zero attached hydrogens (tertiary/aromatic N) is 2. The molecule has 1 unspecified atom stereocenters. The Labute approximate surface area is 114 Å². The van der Waals surface area contributed by atoms with E-state index in [2.05, 4.69) is 9.88 Å². The van der Waals surface area contributed by atoms with Gasteiger partial charge in [-0.25, -0.2) is 0 Å². The molecule has 104 valence electrons. The fourth-order valence-corrected chi connectivity index (χ4v) is 2.81. The van der Waals surface area contributed by atoms with Crippen LogP contribution < -0.4 is 10.6 Å². The second kappa shape index (κ2) is 5.57. The summed E-state index contributed by atoms with van der Waals surface area (Å²) in [5.74, 6) is 0.647. The molecule has 1 aliphatic rings. The van der Waals surface area contributed by atoms with E-state index in [1.54, 1.807) is 7.11 Å². The molecular weight excluding hydrogens is 240 g/mol. The Kier molecular flexibility index (Phi) is 4.04. The van der Waals surface area contributed by atoms with Crippen LogP contribution >= 0.6 is 0 Å². The molecule has 1 atom stereocenters. The molecule has 19 heavy (non-hydrogen) atoms. The third-order valence-electron chi connectivity index (χ3n) is 3.61. The van der Waals surface area contributed by atoms with Gasteiger partial charge in [0.15, 0.2) is 0 Å². The highest BCUT2D eigenvalue weighted by molar-refractivity contribution is 6.01. The maximum Gasteiger partial charge on any atom is 0.126 e. The summed E-state index contributed by atoms with van der Waals surface area (Å²) in [7, 11) is 1.74. The van der Waals surface area contributed by atoms with E-state index in [1.807, 2.05) is 19.9 Å². The largest absolute Gasteiger partial charge is 0.384 e. The van der Waals surface area contributed by atoms with Gasteiger partial charge in [-0.15, -0.1) is 0 Å². The van der Waals surface area contributed by atoms with E-state index in [1.165, 1.54) is 0 Å². The first-order chi connectivity index (χ1) is 9.02. The molecular formula is C14H22N4O. The second-order valence-electron chi connectivity index (χ2n) is 5.21. The van der Waals surface area contributed by atoms with Crippen molar-refractivity contribution >= 4 is 11.5 Å². The quantitative estimate of drug-likeness (QED) is 0.636. The van der Waals surface area contributed by atoms with Gasteiger partial charge in [0.25, 0.3) is 0 Å². The summed E-state index contributed by atoms with van der Waals surface area (Å²) in [5.41, 5.74) is 9.32. The molecule has 1 aromatic heterocycles. The minimum atomic E-state index is 0.0928. The first-order valence-electron chi connectivity index (χ1n) is 6.59. The lowest BCUT2D eigenvalue weighted by Gasteiger charge is -2.23. The minimum Gasteiger partial charge on any atom is -0.384 e. The molecule has 2 rings (SSSR count). The number of aryl methyl sites for hydroxylation is 2. The zero-order chi connectivity index (χ0) is 14.0. The average Bonchev–Trinajstić information content (AvgIpc) is 2.76. The van der Waals surface area contributed by atoms with Crippen LogP contribution in [-0.2, 0) is 4.74 Å². The van der Waals surface area contributed by atoms with Crippen molar-refractivity contribution in [1.82, 2.24) is 4.98 Å². The molecule has 1 fully saturated rings. The van der Waals surface area contributed by atoms with Crippen LogP contribution in [0.1, 0.15) is 23.4 Å². The number of nitrogen functional groups attached to an aromatic ring is 1. The third-order valence-corrected chi connectivity index (χ3v) is 3.61. The summed E-state index contributed by atoms with van der Waals surface area (Å²) in [6.45, 7) is 6.61. The number of anilines is 1. The molecule has 0 spiro atoms. The number of amidine groups is 1. The Balaban J connectivity index is 2.32. The van der Waals surface area contributed by atoms with Gasteiger partial charge in [0, 0.05) is 31.8 Å². The van der Waals surface area contributed by atoms with E-state index in [4.69, 9.17) is 15.9 Å². The highest BCUT2D eigenvalue weighted by atomic mass is 16.5. The lowest BCUT2D eigenvalue weighted by atomic mass is 10.1. The normalized spacial score (nSPS) is 18.9. The zero-order valence-corrected chi connectivity index (χ0v) is 11.9. The van der Waals surface area contributed by atoms with Gasteiger partial charge in [-0.1, -0.05) is 0 Å². The first-order valence-corrected chi connectivity index (χ1v) is 6.59. The highest BCUT2D eigenvalue weighted by Gasteiger charge is 2.25. The number of rotatable bonds is 4. The maximum absolute atomic E-state index is 7.77. The van der Waals surface area contributed by atoms with Gasteiger partial charge in [-0.05, 0) is 26.3 Å². The molecule has 0 amide bonds. The number of pyridine rings is 1. The summed E-state index contributed by atoms with van der Waals surface area (Å²) in [6, 6.07) is 2.03. The van der Waals surface area contributed by atoms with E-state index in [0.29, 0.717) is 5.92 Å². The summed E-state index contributed by atoms with van der Waals surface area (Å²) in [4.78, 5) is 6.70. The number of nitrogens with two attached hydrogens (primary N) is 1.